The van der Waals surface area contributed by atoms with Crippen molar-refractivity contribution in [3.63, 3.8) is 0 Å². The zero-order valence-electron chi connectivity index (χ0n) is 17.9. The second kappa shape index (κ2) is 9.10. The van der Waals surface area contributed by atoms with Crippen LogP contribution < -0.4 is 0 Å². The topological polar surface area (TPSA) is 132 Å². The summed E-state index contributed by atoms with van der Waals surface area (Å²) in [5.74, 6) is 0.805. The first-order valence-electron chi connectivity index (χ1n) is 9.95. The number of esters is 1. The summed E-state index contributed by atoms with van der Waals surface area (Å²) in [6.07, 6.45) is 0.630. The van der Waals surface area contributed by atoms with E-state index >= 15 is 0 Å². The molecule has 1 aliphatic rings. The maximum absolute atomic E-state index is 13.2. The van der Waals surface area contributed by atoms with E-state index in [1.54, 1.807) is 19.2 Å². The highest BCUT2D eigenvalue weighted by Gasteiger charge is 2.32. The quantitative estimate of drug-likeness (QED) is 0.482. The van der Waals surface area contributed by atoms with Gasteiger partial charge < -0.3 is 13.8 Å². The first-order chi connectivity index (χ1) is 15.3. The number of rotatable bonds is 6. The molecule has 3 aromatic rings. The van der Waals surface area contributed by atoms with Crippen LogP contribution in [-0.4, -0.2) is 72.2 Å². The van der Waals surface area contributed by atoms with Crippen LogP contribution in [0.25, 0.3) is 11.5 Å². The van der Waals surface area contributed by atoms with Gasteiger partial charge in [-0.3, -0.25) is 4.90 Å². The lowest BCUT2D eigenvalue weighted by atomic mass is 10.2. The molecule has 0 bridgehead atoms. The van der Waals surface area contributed by atoms with Crippen LogP contribution in [-0.2, 0) is 21.3 Å². The molecule has 4 heterocycles. The van der Waals surface area contributed by atoms with Gasteiger partial charge in [-0.2, -0.15) is 9.29 Å². The minimum atomic E-state index is -3.81. The third-order valence-corrected chi connectivity index (χ3v) is 8.21. The van der Waals surface area contributed by atoms with Crippen molar-refractivity contribution in [2.75, 3.05) is 33.3 Å². The standard InChI is InChI=1S/C19H23N5O6S2/c1-12-16(13(2)29-21-12)18-20-15(22-30-18)11-23-6-4-7-24(9-8-23)32(26,27)14-5-10-31-17(14)19(25)28-3/h5,10H,4,6-9,11H2,1-3H3. The van der Waals surface area contributed by atoms with Gasteiger partial charge >= 0.3 is 5.97 Å². The van der Waals surface area contributed by atoms with Crippen molar-refractivity contribution >= 4 is 27.3 Å². The summed E-state index contributed by atoms with van der Waals surface area (Å²) in [6.45, 7) is 5.81. The second-order valence-corrected chi connectivity index (χ2v) is 10.2. The Morgan fingerprint density at radius 3 is 2.72 bits per heavy atom. The highest BCUT2D eigenvalue weighted by atomic mass is 32.2. The van der Waals surface area contributed by atoms with Crippen LogP contribution in [0.3, 0.4) is 0 Å². The van der Waals surface area contributed by atoms with E-state index in [1.165, 1.54) is 17.5 Å². The molecule has 1 saturated heterocycles. The predicted molar refractivity (Wildman–Crippen MR) is 114 cm³/mol. The van der Waals surface area contributed by atoms with E-state index in [0.717, 1.165) is 11.3 Å². The molecule has 1 aliphatic heterocycles. The van der Waals surface area contributed by atoms with E-state index in [2.05, 4.69) is 20.2 Å². The van der Waals surface area contributed by atoms with Gasteiger partial charge in [0.25, 0.3) is 5.89 Å². The van der Waals surface area contributed by atoms with E-state index in [4.69, 9.17) is 13.8 Å². The number of aromatic nitrogens is 3. The highest BCUT2D eigenvalue weighted by molar-refractivity contribution is 7.89. The minimum Gasteiger partial charge on any atom is -0.465 e. The molecule has 0 radical (unpaired) electrons. The molecule has 3 aromatic heterocycles. The zero-order chi connectivity index (χ0) is 22.9. The summed E-state index contributed by atoms with van der Waals surface area (Å²) >= 11 is 1.05. The Hall–Kier alpha value is -2.61. The third kappa shape index (κ3) is 4.33. The highest BCUT2D eigenvalue weighted by Crippen LogP contribution is 2.27. The fourth-order valence-corrected chi connectivity index (χ4v) is 6.41. The molecule has 1 fully saturated rings. The Labute approximate surface area is 189 Å². The first kappa shape index (κ1) is 22.6. The molecule has 0 spiro atoms. The minimum absolute atomic E-state index is 0.00919. The van der Waals surface area contributed by atoms with Gasteiger partial charge in [0, 0.05) is 19.6 Å². The van der Waals surface area contributed by atoms with E-state index in [-0.39, 0.29) is 16.3 Å². The molecule has 0 saturated carbocycles. The SMILES string of the molecule is COC(=O)c1sccc1S(=O)(=O)N1CCCN(Cc2noc(-c3c(C)noc3C)n2)CC1. The van der Waals surface area contributed by atoms with Crippen molar-refractivity contribution in [1.29, 1.82) is 0 Å². The van der Waals surface area contributed by atoms with E-state index in [9.17, 15) is 13.2 Å². The molecule has 11 nitrogen and oxygen atoms in total. The molecule has 0 unspecified atom stereocenters. The lowest BCUT2D eigenvalue weighted by molar-refractivity contribution is 0.0602. The van der Waals surface area contributed by atoms with Crippen LogP contribution in [0, 0.1) is 13.8 Å². The molecule has 4 rings (SSSR count). The van der Waals surface area contributed by atoms with Crippen molar-refractivity contribution in [3.05, 3.63) is 33.6 Å². The normalized spacial score (nSPS) is 16.2. The average Bonchev–Trinajstić information content (AvgIpc) is 3.46. The maximum Gasteiger partial charge on any atom is 0.349 e. The lowest BCUT2D eigenvalue weighted by Crippen LogP contribution is -2.35. The summed E-state index contributed by atoms with van der Waals surface area (Å²) in [6, 6.07) is 1.45. The number of ether oxygens (including phenoxy) is 1. The molecule has 0 aromatic carbocycles. The number of hydrogen-bond donors (Lipinski definition) is 0. The molecule has 32 heavy (non-hydrogen) atoms. The summed E-state index contributed by atoms with van der Waals surface area (Å²) in [4.78, 5) is 18.5. The monoisotopic (exact) mass is 481 g/mol. The molecule has 13 heteroatoms. The number of methoxy groups -OCH3 is 1. The van der Waals surface area contributed by atoms with Gasteiger partial charge in [-0.1, -0.05) is 10.3 Å². The van der Waals surface area contributed by atoms with Crippen molar-refractivity contribution in [1.82, 2.24) is 24.5 Å². The molecular weight excluding hydrogens is 458 g/mol. The number of aryl methyl sites for hydroxylation is 2. The largest absolute Gasteiger partial charge is 0.465 e. The zero-order valence-corrected chi connectivity index (χ0v) is 19.5. The molecular formula is C19H23N5O6S2. The second-order valence-electron chi connectivity index (χ2n) is 7.35. The van der Waals surface area contributed by atoms with Gasteiger partial charge in [-0.05, 0) is 38.3 Å². The number of hydrogen-bond acceptors (Lipinski definition) is 11. The van der Waals surface area contributed by atoms with E-state index in [1.807, 2.05) is 0 Å². The van der Waals surface area contributed by atoms with Gasteiger partial charge in [0.15, 0.2) is 5.82 Å². The van der Waals surface area contributed by atoms with Crippen molar-refractivity contribution in [2.45, 2.75) is 31.7 Å². The van der Waals surface area contributed by atoms with Gasteiger partial charge in [0.05, 0.1) is 19.3 Å². The van der Waals surface area contributed by atoms with Crippen LogP contribution in [0.15, 0.2) is 25.4 Å². The van der Waals surface area contributed by atoms with Crippen LogP contribution in [0.1, 0.15) is 33.4 Å². The molecule has 0 N–H and O–H groups in total. The Morgan fingerprint density at radius 1 is 1.19 bits per heavy atom. The Bertz CT molecular complexity index is 1200. The lowest BCUT2D eigenvalue weighted by Gasteiger charge is -2.21. The summed E-state index contributed by atoms with van der Waals surface area (Å²) < 4.78 is 43.0. The van der Waals surface area contributed by atoms with Crippen LogP contribution in [0.2, 0.25) is 0 Å². The van der Waals surface area contributed by atoms with Crippen LogP contribution >= 0.6 is 11.3 Å². The fraction of sp³-hybridized carbons (Fsp3) is 0.474. The van der Waals surface area contributed by atoms with Crippen molar-refractivity contribution in [3.8, 4) is 11.5 Å². The van der Waals surface area contributed by atoms with E-state index in [0.29, 0.717) is 61.3 Å². The maximum atomic E-state index is 13.2. The van der Waals surface area contributed by atoms with Crippen molar-refractivity contribution in [2.24, 2.45) is 0 Å². The van der Waals surface area contributed by atoms with Gasteiger partial charge in [0.1, 0.15) is 21.1 Å². The van der Waals surface area contributed by atoms with Crippen LogP contribution in [0.4, 0.5) is 0 Å². The van der Waals surface area contributed by atoms with E-state index < -0.39 is 16.0 Å². The number of nitrogens with zero attached hydrogens (tertiary/aromatic N) is 5. The van der Waals surface area contributed by atoms with Gasteiger partial charge in [-0.25, -0.2) is 13.2 Å². The first-order valence-corrected chi connectivity index (χ1v) is 12.3. The van der Waals surface area contributed by atoms with Crippen LogP contribution in [0.5, 0.6) is 0 Å². The van der Waals surface area contributed by atoms with Gasteiger partial charge in [-0.15, -0.1) is 11.3 Å². The third-order valence-electron chi connectivity index (χ3n) is 5.25. The summed E-state index contributed by atoms with van der Waals surface area (Å²) in [7, 11) is -2.58. The summed E-state index contributed by atoms with van der Waals surface area (Å²) in [5, 5.41) is 9.53. The predicted octanol–water partition coefficient (Wildman–Crippen LogP) is 2.09. The molecule has 0 atom stereocenters. The number of thiophene rings is 1. The fourth-order valence-electron chi connectivity index (χ4n) is 3.63. The van der Waals surface area contributed by atoms with Crippen molar-refractivity contribution < 1.29 is 27.0 Å². The number of carbonyl (C=O) groups excluding carboxylic acids is 1. The molecule has 0 aliphatic carbocycles. The summed E-state index contributed by atoms with van der Waals surface area (Å²) in [5.41, 5.74) is 1.36. The number of sulfonamides is 1. The molecule has 172 valence electrons. The Balaban J connectivity index is 1.44. The van der Waals surface area contributed by atoms with Gasteiger partial charge in [0.2, 0.25) is 10.0 Å². The average molecular weight is 482 g/mol. The Kier molecular flexibility index (Phi) is 6.42. The molecule has 0 amide bonds. The number of carbonyl (C=O) groups is 1. The Morgan fingerprint density at radius 2 is 2.00 bits per heavy atom. The smallest absolute Gasteiger partial charge is 0.349 e.